The Balaban J connectivity index is 1.22. The number of amides is 1. The van der Waals surface area contributed by atoms with Gasteiger partial charge in [-0.2, -0.15) is 0 Å². The van der Waals surface area contributed by atoms with Crippen LogP contribution in [-0.4, -0.2) is 53.9 Å². The fraction of sp³-hybridized carbons (Fsp3) is 0.435. The lowest BCUT2D eigenvalue weighted by Gasteiger charge is -2.25. The van der Waals surface area contributed by atoms with Crippen LogP contribution >= 0.6 is 0 Å². The first-order valence-electron chi connectivity index (χ1n) is 10.7. The Morgan fingerprint density at radius 2 is 2.13 bits per heavy atom. The third kappa shape index (κ3) is 4.07. The Morgan fingerprint density at radius 3 is 2.97 bits per heavy atom. The summed E-state index contributed by atoms with van der Waals surface area (Å²) < 4.78 is 18.7. The predicted octanol–water partition coefficient (Wildman–Crippen LogP) is 2.77. The molecule has 0 spiro atoms. The van der Waals surface area contributed by atoms with Gasteiger partial charge in [-0.05, 0) is 37.0 Å². The smallest absolute Gasteiger partial charge is 0.252 e. The summed E-state index contributed by atoms with van der Waals surface area (Å²) in [7, 11) is 1.64. The van der Waals surface area contributed by atoms with E-state index in [2.05, 4.69) is 19.9 Å². The normalized spacial score (nSPS) is 18.9. The molecule has 1 fully saturated rings. The molecule has 1 atom stereocenters. The largest absolute Gasteiger partial charge is 0.497 e. The molecular weight excluding hydrogens is 396 g/mol. The third-order valence-electron chi connectivity index (χ3n) is 6.07. The van der Waals surface area contributed by atoms with Gasteiger partial charge in [0, 0.05) is 44.0 Å². The molecule has 2 aliphatic heterocycles. The van der Waals surface area contributed by atoms with Crippen molar-refractivity contribution in [1.82, 2.24) is 19.9 Å². The molecule has 2 aromatic heterocycles. The molecule has 3 aromatic rings. The van der Waals surface area contributed by atoms with Crippen LogP contribution in [0.1, 0.15) is 34.8 Å². The fourth-order valence-electron chi connectivity index (χ4n) is 4.29. The second-order valence-electron chi connectivity index (χ2n) is 8.13. The Hall–Kier alpha value is -3.13. The van der Waals surface area contributed by atoms with Crippen LogP contribution in [0.5, 0.6) is 11.5 Å². The second kappa shape index (κ2) is 8.55. The number of ether oxygens (including phenoxy) is 3. The summed E-state index contributed by atoms with van der Waals surface area (Å²) in [5, 5.41) is 3.02. The van der Waals surface area contributed by atoms with E-state index in [1.54, 1.807) is 13.3 Å². The van der Waals surface area contributed by atoms with E-state index in [1.807, 2.05) is 30.6 Å². The summed E-state index contributed by atoms with van der Waals surface area (Å²) in [6, 6.07) is 8.02. The van der Waals surface area contributed by atoms with E-state index in [4.69, 9.17) is 14.2 Å². The standard InChI is InChI=1S/C23H26N4O4/c1-29-19-3-2-16-8-15(13-31-21(16)10-19)11-25-23(28)17-9-20-22(24-12-17)27(14-26-20)18-4-6-30-7-5-18/h2-3,9-10,12,14-15,18H,4-8,11,13H2,1H3,(H,25,28). The zero-order chi connectivity index (χ0) is 21.2. The number of hydrogen-bond acceptors (Lipinski definition) is 6. The molecule has 0 bridgehead atoms. The summed E-state index contributed by atoms with van der Waals surface area (Å²) in [6.07, 6.45) is 6.21. The lowest BCUT2D eigenvalue weighted by Crippen LogP contribution is -2.34. The number of aromatic nitrogens is 3. The van der Waals surface area contributed by atoms with Crippen LogP contribution in [0.3, 0.4) is 0 Å². The molecule has 1 aromatic carbocycles. The van der Waals surface area contributed by atoms with Gasteiger partial charge < -0.3 is 24.1 Å². The Labute approximate surface area is 180 Å². The first-order chi connectivity index (χ1) is 15.2. The molecule has 1 amide bonds. The molecule has 5 rings (SSSR count). The zero-order valence-electron chi connectivity index (χ0n) is 17.5. The van der Waals surface area contributed by atoms with Crippen molar-refractivity contribution in [2.24, 2.45) is 5.92 Å². The number of hydrogen-bond donors (Lipinski definition) is 1. The topological polar surface area (TPSA) is 87.5 Å². The van der Waals surface area contributed by atoms with E-state index >= 15 is 0 Å². The summed E-state index contributed by atoms with van der Waals surface area (Å²) in [5.74, 6) is 1.72. The number of benzene rings is 1. The Morgan fingerprint density at radius 1 is 1.26 bits per heavy atom. The summed E-state index contributed by atoms with van der Waals surface area (Å²) in [6.45, 7) is 2.62. The number of methoxy groups -OCH3 is 1. The molecule has 8 heteroatoms. The van der Waals surface area contributed by atoms with Crippen LogP contribution in [0, 0.1) is 5.92 Å². The number of pyridine rings is 1. The number of carbonyl (C=O) groups is 1. The second-order valence-corrected chi connectivity index (χ2v) is 8.13. The molecule has 0 radical (unpaired) electrons. The van der Waals surface area contributed by atoms with Crippen molar-refractivity contribution in [3.63, 3.8) is 0 Å². The van der Waals surface area contributed by atoms with Crippen molar-refractivity contribution >= 4 is 17.1 Å². The quantitative estimate of drug-likeness (QED) is 0.680. The van der Waals surface area contributed by atoms with Crippen molar-refractivity contribution in [3.05, 3.63) is 47.9 Å². The maximum atomic E-state index is 12.7. The van der Waals surface area contributed by atoms with Gasteiger partial charge in [0.15, 0.2) is 5.65 Å². The number of carbonyl (C=O) groups excluding carboxylic acids is 1. The molecule has 1 unspecified atom stereocenters. The maximum Gasteiger partial charge on any atom is 0.252 e. The van der Waals surface area contributed by atoms with E-state index < -0.39 is 0 Å². The van der Waals surface area contributed by atoms with Crippen LogP contribution in [0.4, 0.5) is 0 Å². The first kappa shape index (κ1) is 19.8. The molecule has 1 saturated heterocycles. The lowest BCUT2D eigenvalue weighted by atomic mass is 9.96. The Bertz CT molecular complexity index is 1090. The number of nitrogens with zero attached hydrogens (tertiary/aromatic N) is 3. The zero-order valence-corrected chi connectivity index (χ0v) is 17.5. The molecule has 2 aliphatic rings. The van der Waals surface area contributed by atoms with E-state index in [9.17, 15) is 4.79 Å². The molecule has 31 heavy (non-hydrogen) atoms. The highest BCUT2D eigenvalue weighted by atomic mass is 16.5. The number of nitrogens with one attached hydrogen (secondary N) is 1. The SMILES string of the molecule is COc1ccc2c(c1)OCC(CNC(=O)c1cnc3c(c1)ncn3C1CCOCC1)C2. The van der Waals surface area contributed by atoms with Gasteiger partial charge in [-0.15, -0.1) is 0 Å². The van der Waals surface area contributed by atoms with Gasteiger partial charge in [-0.3, -0.25) is 4.79 Å². The highest BCUT2D eigenvalue weighted by Gasteiger charge is 2.22. The molecule has 4 heterocycles. The molecule has 162 valence electrons. The summed E-state index contributed by atoms with van der Waals surface area (Å²) >= 11 is 0. The highest BCUT2D eigenvalue weighted by molar-refractivity contribution is 5.96. The molecule has 0 aliphatic carbocycles. The van der Waals surface area contributed by atoms with Crippen molar-refractivity contribution < 1.29 is 19.0 Å². The van der Waals surface area contributed by atoms with Crippen LogP contribution in [0.25, 0.3) is 11.2 Å². The summed E-state index contributed by atoms with van der Waals surface area (Å²) in [4.78, 5) is 21.7. The molecular formula is C23H26N4O4. The number of fused-ring (bicyclic) bond motifs is 2. The highest BCUT2D eigenvalue weighted by Crippen LogP contribution is 2.31. The van der Waals surface area contributed by atoms with Crippen molar-refractivity contribution in [1.29, 1.82) is 0 Å². The van der Waals surface area contributed by atoms with Gasteiger partial charge >= 0.3 is 0 Å². The van der Waals surface area contributed by atoms with Crippen LogP contribution in [0.15, 0.2) is 36.8 Å². The van der Waals surface area contributed by atoms with Gasteiger partial charge in [0.2, 0.25) is 0 Å². The van der Waals surface area contributed by atoms with Crippen molar-refractivity contribution in [2.45, 2.75) is 25.3 Å². The molecule has 0 saturated carbocycles. The average molecular weight is 422 g/mol. The lowest BCUT2D eigenvalue weighted by molar-refractivity contribution is 0.0704. The number of rotatable bonds is 5. The van der Waals surface area contributed by atoms with Gasteiger partial charge in [0.1, 0.15) is 17.0 Å². The summed E-state index contributed by atoms with van der Waals surface area (Å²) in [5.41, 5.74) is 3.21. The first-order valence-corrected chi connectivity index (χ1v) is 10.7. The van der Waals surface area contributed by atoms with Crippen LogP contribution in [0.2, 0.25) is 0 Å². The maximum absolute atomic E-state index is 12.7. The van der Waals surface area contributed by atoms with Gasteiger partial charge in [-0.25, -0.2) is 9.97 Å². The van der Waals surface area contributed by atoms with Crippen molar-refractivity contribution in [2.75, 3.05) is 33.5 Å². The minimum Gasteiger partial charge on any atom is -0.497 e. The monoisotopic (exact) mass is 422 g/mol. The fourth-order valence-corrected chi connectivity index (χ4v) is 4.29. The van der Waals surface area contributed by atoms with E-state index in [1.165, 1.54) is 0 Å². The predicted molar refractivity (Wildman–Crippen MR) is 115 cm³/mol. The van der Waals surface area contributed by atoms with E-state index in [-0.39, 0.29) is 11.8 Å². The van der Waals surface area contributed by atoms with E-state index in [0.717, 1.165) is 60.7 Å². The minimum absolute atomic E-state index is 0.143. The molecule has 1 N–H and O–H groups in total. The Kier molecular flexibility index (Phi) is 5.46. The van der Waals surface area contributed by atoms with Crippen LogP contribution < -0.4 is 14.8 Å². The minimum atomic E-state index is -0.143. The van der Waals surface area contributed by atoms with Crippen molar-refractivity contribution in [3.8, 4) is 11.5 Å². The molecule has 8 nitrogen and oxygen atoms in total. The van der Waals surface area contributed by atoms with E-state index in [0.29, 0.717) is 24.8 Å². The van der Waals surface area contributed by atoms with Gasteiger partial charge in [0.05, 0.1) is 25.6 Å². The van der Waals surface area contributed by atoms with Gasteiger partial charge in [-0.1, -0.05) is 6.07 Å². The third-order valence-corrected chi connectivity index (χ3v) is 6.07. The number of imidazole rings is 1. The van der Waals surface area contributed by atoms with Gasteiger partial charge in [0.25, 0.3) is 5.91 Å². The van der Waals surface area contributed by atoms with Crippen LogP contribution in [-0.2, 0) is 11.2 Å². The average Bonchev–Trinajstić information content (AvgIpc) is 3.26.